The molecule has 130 valence electrons. The second-order valence-corrected chi connectivity index (χ2v) is 6.71. The molecule has 0 atom stereocenters. The van der Waals surface area contributed by atoms with Crippen LogP contribution in [-0.4, -0.2) is 35.7 Å². The molecule has 2 rings (SSSR count). The average molecular weight is 343 g/mol. The molecule has 0 radical (unpaired) electrons. The molecule has 0 bridgehead atoms. The van der Waals surface area contributed by atoms with Gasteiger partial charge in [-0.05, 0) is 19.4 Å². The van der Waals surface area contributed by atoms with Gasteiger partial charge >= 0.3 is 0 Å². The first-order chi connectivity index (χ1) is 10.4. The van der Waals surface area contributed by atoms with Crippen molar-refractivity contribution < 1.29 is 9.32 Å². The fourth-order valence-electron chi connectivity index (χ4n) is 2.19. The zero-order valence-electron chi connectivity index (χ0n) is 14.1. The molecule has 0 unspecified atom stereocenters. The topological polar surface area (TPSA) is 80.0 Å². The Morgan fingerprint density at radius 3 is 2.83 bits per heavy atom. The van der Waals surface area contributed by atoms with E-state index in [1.165, 1.54) is 5.57 Å². The summed E-state index contributed by atoms with van der Waals surface area (Å²) in [4.78, 5) is 16.2. The van der Waals surface area contributed by atoms with Crippen LogP contribution in [0.2, 0.25) is 0 Å². The lowest BCUT2D eigenvalue weighted by atomic mass is 9.96. The van der Waals surface area contributed by atoms with Gasteiger partial charge in [0.15, 0.2) is 5.82 Å². The van der Waals surface area contributed by atoms with Crippen LogP contribution in [0.5, 0.6) is 0 Å². The molecule has 1 amide bonds. The molecule has 2 N–H and O–H groups in total. The minimum absolute atomic E-state index is 0. The van der Waals surface area contributed by atoms with Crippen molar-refractivity contribution in [3.8, 4) is 0 Å². The zero-order valence-corrected chi connectivity index (χ0v) is 15.0. The molecular formula is C16H27ClN4O2. The van der Waals surface area contributed by atoms with Crippen LogP contribution in [0.25, 0.3) is 0 Å². The summed E-state index contributed by atoms with van der Waals surface area (Å²) in [6.45, 7) is 8.70. The Balaban J connectivity index is 0.00000264. The van der Waals surface area contributed by atoms with Crippen molar-refractivity contribution in [3.05, 3.63) is 23.4 Å². The predicted octanol–water partition coefficient (Wildman–Crippen LogP) is 2.15. The summed E-state index contributed by atoms with van der Waals surface area (Å²) in [6.07, 6.45) is 5.01. The highest BCUT2D eigenvalue weighted by Crippen LogP contribution is 2.18. The normalized spacial score (nSPS) is 14.8. The molecule has 0 aliphatic carbocycles. The monoisotopic (exact) mass is 342 g/mol. The second-order valence-electron chi connectivity index (χ2n) is 6.71. The third-order valence-corrected chi connectivity index (χ3v) is 3.60. The Morgan fingerprint density at radius 2 is 2.22 bits per heavy atom. The van der Waals surface area contributed by atoms with Gasteiger partial charge in [-0.15, -0.1) is 12.4 Å². The molecule has 2 heterocycles. The van der Waals surface area contributed by atoms with Crippen molar-refractivity contribution in [1.82, 2.24) is 20.8 Å². The Bertz CT molecular complexity index is 534. The zero-order chi connectivity index (χ0) is 16.0. The van der Waals surface area contributed by atoms with Gasteiger partial charge in [0.2, 0.25) is 11.8 Å². The second kappa shape index (κ2) is 9.03. The first kappa shape index (κ1) is 19.6. The average Bonchev–Trinajstić information content (AvgIpc) is 2.95. The van der Waals surface area contributed by atoms with Gasteiger partial charge < -0.3 is 15.2 Å². The van der Waals surface area contributed by atoms with Crippen molar-refractivity contribution in [2.75, 3.05) is 19.6 Å². The number of hydrogen-bond acceptors (Lipinski definition) is 5. The number of rotatable bonds is 6. The summed E-state index contributed by atoms with van der Waals surface area (Å²) < 4.78 is 5.22. The van der Waals surface area contributed by atoms with Crippen molar-refractivity contribution in [1.29, 1.82) is 0 Å². The van der Waals surface area contributed by atoms with Crippen LogP contribution in [0.15, 0.2) is 16.2 Å². The van der Waals surface area contributed by atoms with Gasteiger partial charge in [0.25, 0.3) is 0 Å². The maximum atomic E-state index is 11.8. The molecule has 0 aromatic carbocycles. The van der Waals surface area contributed by atoms with Gasteiger partial charge in [0.1, 0.15) is 0 Å². The van der Waals surface area contributed by atoms with Crippen molar-refractivity contribution in [2.45, 2.75) is 51.9 Å². The fraction of sp³-hybridized carbons (Fsp3) is 0.688. The van der Waals surface area contributed by atoms with Crippen LogP contribution in [-0.2, 0) is 16.6 Å². The molecule has 1 aromatic rings. The summed E-state index contributed by atoms with van der Waals surface area (Å²) in [6, 6.07) is 0. The van der Waals surface area contributed by atoms with E-state index >= 15 is 0 Å². The van der Waals surface area contributed by atoms with E-state index in [1.807, 2.05) is 20.8 Å². The Morgan fingerprint density at radius 1 is 1.43 bits per heavy atom. The number of halogens is 1. The Hall–Kier alpha value is -1.40. The van der Waals surface area contributed by atoms with E-state index in [4.69, 9.17) is 4.52 Å². The summed E-state index contributed by atoms with van der Waals surface area (Å²) in [5, 5.41) is 10.2. The van der Waals surface area contributed by atoms with Gasteiger partial charge in [0, 0.05) is 31.3 Å². The third kappa shape index (κ3) is 6.71. The van der Waals surface area contributed by atoms with Crippen LogP contribution in [0.3, 0.4) is 0 Å². The SMILES string of the molecule is CC(C)(C)c1noc(CCCC(=O)NCC2=CCNCC2)n1.Cl. The highest BCUT2D eigenvalue weighted by Gasteiger charge is 2.20. The van der Waals surface area contributed by atoms with Gasteiger partial charge in [0.05, 0.1) is 0 Å². The minimum atomic E-state index is -0.109. The maximum absolute atomic E-state index is 11.8. The van der Waals surface area contributed by atoms with E-state index in [0.29, 0.717) is 31.1 Å². The number of amides is 1. The summed E-state index contributed by atoms with van der Waals surface area (Å²) in [5.41, 5.74) is 1.20. The standard InChI is InChI=1S/C16H26N4O2.ClH/c1-16(2,3)15-19-14(22-20-15)6-4-5-13(21)18-11-12-7-9-17-10-8-12;/h7,17H,4-6,8-11H2,1-3H3,(H,18,21);1H. The molecule has 1 aromatic heterocycles. The van der Waals surface area contributed by atoms with Crippen molar-refractivity contribution in [2.24, 2.45) is 0 Å². The molecule has 6 nitrogen and oxygen atoms in total. The summed E-state index contributed by atoms with van der Waals surface area (Å²) in [7, 11) is 0. The molecule has 0 spiro atoms. The van der Waals surface area contributed by atoms with Crippen molar-refractivity contribution >= 4 is 18.3 Å². The molecule has 0 saturated heterocycles. The van der Waals surface area contributed by atoms with Gasteiger partial charge in [-0.25, -0.2) is 0 Å². The minimum Gasteiger partial charge on any atom is -0.352 e. The lowest BCUT2D eigenvalue weighted by molar-refractivity contribution is -0.121. The number of carbonyl (C=O) groups excluding carboxylic acids is 1. The lowest BCUT2D eigenvalue weighted by Gasteiger charge is -2.14. The fourth-order valence-corrected chi connectivity index (χ4v) is 2.19. The van der Waals surface area contributed by atoms with E-state index in [1.54, 1.807) is 0 Å². The van der Waals surface area contributed by atoms with Gasteiger partial charge in [-0.3, -0.25) is 4.79 Å². The number of nitrogens with zero attached hydrogens (tertiary/aromatic N) is 2. The van der Waals surface area contributed by atoms with Gasteiger partial charge in [-0.2, -0.15) is 4.98 Å². The number of aromatic nitrogens is 2. The molecule has 0 saturated carbocycles. The van der Waals surface area contributed by atoms with E-state index in [9.17, 15) is 4.79 Å². The first-order valence-corrected chi connectivity index (χ1v) is 7.93. The Labute approximate surface area is 143 Å². The molecule has 1 aliphatic rings. The summed E-state index contributed by atoms with van der Waals surface area (Å²) >= 11 is 0. The highest BCUT2D eigenvalue weighted by molar-refractivity contribution is 5.85. The van der Waals surface area contributed by atoms with E-state index < -0.39 is 0 Å². The van der Waals surface area contributed by atoms with Crippen molar-refractivity contribution in [3.63, 3.8) is 0 Å². The van der Waals surface area contributed by atoms with E-state index in [0.717, 1.165) is 25.9 Å². The van der Waals surface area contributed by atoms with Gasteiger partial charge in [-0.1, -0.05) is 37.6 Å². The van der Waals surface area contributed by atoms with Crippen LogP contribution in [0.1, 0.15) is 51.7 Å². The molecule has 7 heteroatoms. The van der Waals surface area contributed by atoms with Crippen LogP contribution >= 0.6 is 12.4 Å². The quantitative estimate of drug-likeness (QED) is 0.774. The Kier molecular flexibility index (Phi) is 7.72. The highest BCUT2D eigenvalue weighted by atomic mass is 35.5. The molecular weight excluding hydrogens is 316 g/mol. The molecule has 1 aliphatic heterocycles. The first-order valence-electron chi connectivity index (χ1n) is 7.93. The van der Waals surface area contributed by atoms with Crippen LogP contribution < -0.4 is 10.6 Å². The third-order valence-electron chi connectivity index (χ3n) is 3.60. The van der Waals surface area contributed by atoms with E-state index in [-0.39, 0.29) is 23.7 Å². The molecule has 23 heavy (non-hydrogen) atoms. The number of carbonyl (C=O) groups is 1. The predicted molar refractivity (Wildman–Crippen MR) is 91.8 cm³/mol. The summed E-state index contributed by atoms with van der Waals surface area (Å²) in [5.74, 6) is 1.40. The molecule has 0 fully saturated rings. The largest absolute Gasteiger partial charge is 0.352 e. The number of nitrogens with one attached hydrogen (secondary N) is 2. The lowest BCUT2D eigenvalue weighted by Crippen LogP contribution is -2.29. The van der Waals surface area contributed by atoms with Crippen LogP contribution in [0, 0.1) is 0 Å². The van der Waals surface area contributed by atoms with Crippen LogP contribution in [0.4, 0.5) is 0 Å². The maximum Gasteiger partial charge on any atom is 0.226 e. The smallest absolute Gasteiger partial charge is 0.226 e. The number of hydrogen-bond donors (Lipinski definition) is 2. The van der Waals surface area contributed by atoms with E-state index in [2.05, 4.69) is 26.9 Å². The number of aryl methyl sites for hydroxylation is 1.